The Morgan fingerprint density at radius 3 is 2.05 bits per heavy atom. The normalized spacial score (nSPS) is 25.4. The number of hydrogen-bond donors (Lipinski definition) is 0. The summed E-state index contributed by atoms with van der Waals surface area (Å²) in [6, 6.07) is 0. The van der Waals surface area contributed by atoms with Gasteiger partial charge in [-0.05, 0) is 32.6 Å². The van der Waals surface area contributed by atoms with Crippen molar-refractivity contribution < 1.29 is 19.1 Å². The molecule has 0 unspecified atom stereocenters. The quantitative estimate of drug-likeness (QED) is 0.783. The summed E-state index contributed by atoms with van der Waals surface area (Å²) in [5, 5.41) is 0. The average Bonchev–Trinajstić information content (AvgIpc) is 3.38. The van der Waals surface area contributed by atoms with E-state index in [1.807, 2.05) is 11.8 Å². The molecule has 0 radical (unpaired) electrons. The molecule has 6 heteroatoms. The van der Waals surface area contributed by atoms with E-state index < -0.39 is 0 Å². The minimum Gasteiger partial charge on any atom is -0.443 e. The molecule has 0 spiro atoms. The summed E-state index contributed by atoms with van der Waals surface area (Å²) in [7, 11) is 1.64. The molecule has 0 aromatic heterocycles. The first-order valence-electron chi connectivity index (χ1n) is 7.74. The zero-order valence-electron chi connectivity index (χ0n) is 12.9. The van der Waals surface area contributed by atoms with Gasteiger partial charge in [-0.3, -0.25) is 4.79 Å². The van der Waals surface area contributed by atoms with Crippen LogP contribution in [0.15, 0.2) is 0 Å². The van der Waals surface area contributed by atoms with Gasteiger partial charge in [0.05, 0.1) is 12.0 Å². The van der Waals surface area contributed by atoms with E-state index in [1.54, 1.807) is 12.0 Å². The summed E-state index contributed by atoms with van der Waals surface area (Å²) < 4.78 is 10.6. The second kappa shape index (κ2) is 5.16. The van der Waals surface area contributed by atoms with Crippen molar-refractivity contribution in [2.24, 2.45) is 5.41 Å². The Bertz CT molecular complexity index is 435. The first kappa shape index (κ1) is 14.6. The van der Waals surface area contributed by atoms with Crippen molar-refractivity contribution in [2.75, 3.05) is 39.9 Å². The maximum absolute atomic E-state index is 12.5. The molecular formula is C15H24N2O4. The zero-order valence-corrected chi connectivity index (χ0v) is 12.9. The molecule has 2 aliphatic carbocycles. The lowest BCUT2D eigenvalue weighted by molar-refractivity contribution is -0.140. The number of hydrogen-bond acceptors (Lipinski definition) is 4. The van der Waals surface area contributed by atoms with Gasteiger partial charge in [-0.1, -0.05) is 0 Å². The molecule has 6 nitrogen and oxygen atoms in total. The number of rotatable bonds is 4. The third-order valence-electron chi connectivity index (χ3n) is 4.84. The molecule has 0 N–H and O–H groups in total. The highest BCUT2D eigenvalue weighted by atomic mass is 16.6. The Balaban J connectivity index is 1.48. The van der Waals surface area contributed by atoms with Crippen LogP contribution in [0, 0.1) is 5.41 Å². The maximum atomic E-state index is 12.5. The highest BCUT2D eigenvalue weighted by Crippen LogP contribution is 2.47. The van der Waals surface area contributed by atoms with Gasteiger partial charge in [0, 0.05) is 33.3 Å². The molecule has 1 saturated heterocycles. The summed E-state index contributed by atoms with van der Waals surface area (Å²) in [6.07, 6.45) is 3.51. The van der Waals surface area contributed by atoms with Crippen LogP contribution in [-0.2, 0) is 14.3 Å². The van der Waals surface area contributed by atoms with Crippen molar-refractivity contribution in [3.8, 4) is 0 Å². The molecule has 1 aliphatic heterocycles. The number of nitrogens with zero attached hydrogens (tertiary/aromatic N) is 2. The molecular weight excluding hydrogens is 272 g/mol. The standard InChI is InChI=1S/C15H24N2O4/c1-14(3-4-14)21-13(19)17-9-7-16(8-10-17)12(18)15(5-6-15)11-20-2/h3-11H2,1-2H3. The van der Waals surface area contributed by atoms with E-state index in [0.717, 1.165) is 25.7 Å². The van der Waals surface area contributed by atoms with Crippen molar-refractivity contribution in [3.63, 3.8) is 0 Å². The van der Waals surface area contributed by atoms with Crippen LogP contribution < -0.4 is 0 Å². The molecule has 3 rings (SSSR count). The van der Waals surface area contributed by atoms with Crippen molar-refractivity contribution in [2.45, 2.75) is 38.2 Å². The van der Waals surface area contributed by atoms with E-state index in [1.165, 1.54) is 0 Å². The van der Waals surface area contributed by atoms with Crippen LogP contribution in [-0.4, -0.2) is 67.3 Å². The number of methoxy groups -OCH3 is 1. The highest BCUT2D eigenvalue weighted by molar-refractivity contribution is 5.85. The van der Waals surface area contributed by atoms with Gasteiger partial charge in [0.1, 0.15) is 5.60 Å². The number of amides is 2. The predicted octanol–water partition coefficient (Wildman–Crippen LogP) is 1.25. The molecule has 0 bridgehead atoms. The number of ether oxygens (including phenoxy) is 2. The highest BCUT2D eigenvalue weighted by Gasteiger charge is 2.52. The van der Waals surface area contributed by atoms with E-state index in [9.17, 15) is 9.59 Å². The van der Waals surface area contributed by atoms with Gasteiger partial charge >= 0.3 is 6.09 Å². The lowest BCUT2D eigenvalue weighted by Crippen LogP contribution is -2.53. The molecule has 118 valence electrons. The Labute approximate surface area is 125 Å². The van der Waals surface area contributed by atoms with E-state index in [2.05, 4.69) is 0 Å². The third-order valence-corrected chi connectivity index (χ3v) is 4.84. The first-order chi connectivity index (χ1) is 9.98. The smallest absolute Gasteiger partial charge is 0.410 e. The summed E-state index contributed by atoms with van der Waals surface area (Å²) in [5.41, 5.74) is -0.514. The Morgan fingerprint density at radius 2 is 1.57 bits per heavy atom. The van der Waals surface area contributed by atoms with Crippen LogP contribution >= 0.6 is 0 Å². The summed E-state index contributed by atoms with van der Waals surface area (Å²) in [4.78, 5) is 28.1. The summed E-state index contributed by atoms with van der Waals surface area (Å²) in [5.74, 6) is 0.187. The lowest BCUT2D eigenvalue weighted by atomic mass is 10.1. The van der Waals surface area contributed by atoms with Gasteiger partial charge in [-0.25, -0.2) is 4.79 Å². The van der Waals surface area contributed by atoms with Crippen LogP contribution in [0.3, 0.4) is 0 Å². The van der Waals surface area contributed by atoms with Gasteiger partial charge < -0.3 is 19.3 Å². The summed E-state index contributed by atoms with van der Waals surface area (Å²) >= 11 is 0. The van der Waals surface area contributed by atoms with Crippen molar-refractivity contribution in [3.05, 3.63) is 0 Å². The first-order valence-corrected chi connectivity index (χ1v) is 7.74. The predicted molar refractivity (Wildman–Crippen MR) is 75.8 cm³/mol. The monoisotopic (exact) mass is 296 g/mol. The van der Waals surface area contributed by atoms with E-state index >= 15 is 0 Å². The van der Waals surface area contributed by atoms with Crippen LogP contribution in [0.25, 0.3) is 0 Å². The minimum absolute atomic E-state index is 0.187. The fraction of sp³-hybridized carbons (Fsp3) is 0.867. The van der Waals surface area contributed by atoms with Crippen LogP contribution in [0.2, 0.25) is 0 Å². The fourth-order valence-corrected chi connectivity index (χ4v) is 2.83. The van der Waals surface area contributed by atoms with Crippen LogP contribution in [0.5, 0.6) is 0 Å². The van der Waals surface area contributed by atoms with Gasteiger partial charge in [-0.2, -0.15) is 0 Å². The zero-order chi connectivity index (χ0) is 15.1. The third kappa shape index (κ3) is 3.00. The van der Waals surface area contributed by atoms with Crippen molar-refractivity contribution in [1.29, 1.82) is 0 Å². The SMILES string of the molecule is COCC1(C(=O)N2CCN(C(=O)OC3(C)CC3)CC2)CC1. The number of carbonyl (C=O) groups is 2. The van der Waals surface area contributed by atoms with Crippen LogP contribution in [0.4, 0.5) is 4.79 Å². The van der Waals surface area contributed by atoms with Gasteiger partial charge in [-0.15, -0.1) is 0 Å². The Hall–Kier alpha value is -1.30. The van der Waals surface area contributed by atoms with Crippen molar-refractivity contribution in [1.82, 2.24) is 9.80 Å². The second-order valence-electron chi connectivity index (χ2n) is 6.81. The van der Waals surface area contributed by atoms with Crippen LogP contribution in [0.1, 0.15) is 32.6 Å². The Kier molecular flexibility index (Phi) is 3.59. The largest absolute Gasteiger partial charge is 0.443 e. The summed E-state index contributed by atoms with van der Waals surface area (Å²) in [6.45, 7) is 4.78. The molecule has 2 amide bonds. The van der Waals surface area contributed by atoms with Gasteiger partial charge in [0.2, 0.25) is 5.91 Å². The van der Waals surface area contributed by atoms with E-state index in [4.69, 9.17) is 9.47 Å². The molecule has 0 atom stereocenters. The Morgan fingerprint density at radius 1 is 1.00 bits per heavy atom. The number of piperazine rings is 1. The minimum atomic E-state index is -0.279. The van der Waals surface area contributed by atoms with Gasteiger partial charge in [0.25, 0.3) is 0 Å². The second-order valence-corrected chi connectivity index (χ2v) is 6.81. The fourth-order valence-electron chi connectivity index (χ4n) is 2.83. The van der Waals surface area contributed by atoms with E-state index in [0.29, 0.717) is 32.8 Å². The average molecular weight is 296 g/mol. The molecule has 21 heavy (non-hydrogen) atoms. The molecule has 1 heterocycles. The molecule has 0 aromatic carbocycles. The van der Waals surface area contributed by atoms with Crippen molar-refractivity contribution >= 4 is 12.0 Å². The van der Waals surface area contributed by atoms with Gasteiger partial charge in [0.15, 0.2) is 0 Å². The molecule has 2 saturated carbocycles. The van der Waals surface area contributed by atoms with E-state index in [-0.39, 0.29) is 23.0 Å². The molecule has 3 fully saturated rings. The lowest BCUT2D eigenvalue weighted by Gasteiger charge is -2.36. The topological polar surface area (TPSA) is 59.1 Å². The molecule has 3 aliphatic rings. The molecule has 0 aromatic rings. The maximum Gasteiger partial charge on any atom is 0.410 e. The number of carbonyl (C=O) groups excluding carboxylic acids is 2.